The molecule has 0 fully saturated rings. The summed E-state index contributed by atoms with van der Waals surface area (Å²) in [5, 5.41) is 4.62. The summed E-state index contributed by atoms with van der Waals surface area (Å²) in [7, 11) is 1.60. The largest absolute Gasteiger partial charge is 0.495 e. The number of aryl methyl sites for hydroxylation is 1. The number of hydrogen-bond acceptors (Lipinski definition) is 5. The van der Waals surface area contributed by atoms with E-state index >= 15 is 0 Å². The molecule has 0 aliphatic rings. The van der Waals surface area contributed by atoms with E-state index in [0.29, 0.717) is 22.0 Å². The van der Waals surface area contributed by atoms with Crippen molar-refractivity contribution in [2.75, 3.05) is 19.0 Å². The van der Waals surface area contributed by atoms with Crippen molar-refractivity contribution in [1.29, 1.82) is 0 Å². The lowest BCUT2D eigenvalue weighted by Crippen LogP contribution is -2.10. The molecule has 6 heteroatoms. The molecule has 1 aromatic heterocycles. The fourth-order valence-corrected chi connectivity index (χ4v) is 3.09. The molecule has 0 saturated carbocycles. The number of halogens is 1. The number of esters is 1. The van der Waals surface area contributed by atoms with E-state index in [4.69, 9.17) is 21.1 Å². The molecule has 0 aliphatic carbocycles. The Bertz CT molecular complexity index is 973. The number of carbonyl (C=O) groups is 1. The van der Waals surface area contributed by atoms with Crippen LogP contribution in [0, 0.1) is 6.92 Å². The number of para-hydroxylation sites is 2. The van der Waals surface area contributed by atoms with Crippen molar-refractivity contribution < 1.29 is 14.3 Å². The van der Waals surface area contributed by atoms with E-state index in [2.05, 4.69) is 10.3 Å². The maximum absolute atomic E-state index is 12.5. The summed E-state index contributed by atoms with van der Waals surface area (Å²) in [6.45, 7) is 3.97. The summed E-state index contributed by atoms with van der Waals surface area (Å²) in [5.74, 6) is 0.211. The topological polar surface area (TPSA) is 60.5 Å². The lowest BCUT2D eigenvalue weighted by atomic mass is 10.1. The molecule has 1 N–H and O–H groups in total. The van der Waals surface area contributed by atoms with Crippen molar-refractivity contribution in [3.05, 3.63) is 58.7 Å². The molecule has 0 unspecified atom stereocenters. The van der Waals surface area contributed by atoms with Crippen LogP contribution >= 0.6 is 11.6 Å². The number of nitrogens with zero attached hydrogens (tertiary/aromatic N) is 1. The first-order chi connectivity index (χ1) is 12.5. The monoisotopic (exact) mass is 370 g/mol. The number of methoxy groups -OCH3 is 1. The Kier molecular flexibility index (Phi) is 5.28. The first kappa shape index (κ1) is 18.0. The van der Waals surface area contributed by atoms with Crippen molar-refractivity contribution in [2.45, 2.75) is 13.8 Å². The molecular formula is C20H19ClN2O3. The third kappa shape index (κ3) is 3.44. The molecule has 0 amide bonds. The highest BCUT2D eigenvalue weighted by Gasteiger charge is 2.19. The van der Waals surface area contributed by atoms with Gasteiger partial charge < -0.3 is 14.8 Å². The summed E-state index contributed by atoms with van der Waals surface area (Å²) in [5.41, 5.74) is 3.34. The van der Waals surface area contributed by atoms with E-state index in [9.17, 15) is 4.79 Å². The number of hydrogen-bond donors (Lipinski definition) is 1. The van der Waals surface area contributed by atoms with Crippen LogP contribution in [0.4, 0.5) is 11.4 Å². The standard InChI is InChI=1S/C20H19ClN2O3/c1-4-26-20(24)15-11-22-18-12(2)9-13(21)10-14(18)19(15)23-16-7-5-6-8-17(16)25-3/h5-11H,4H2,1-3H3,(H,22,23). The number of fused-ring (bicyclic) bond motifs is 1. The molecule has 0 spiro atoms. The van der Waals surface area contributed by atoms with E-state index in [-0.39, 0.29) is 6.61 Å². The first-order valence-electron chi connectivity index (χ1n) is 8.21. The average molecular weight is 371 g/mol. The van der Waals surface area contributed by atoms with Crippen LogP contribution in [0.1, 0.15) is 22.8 Å². The molecule has 0 atom stereocenters. The summed E-state index contributed by atoms with van der Waals surface area (Å²) in [4.78, 5) is 16.9. The van der Waals surface area contributed by atoms with E-state index in [1.807, 2.05) is 37.3 Å². The molecule has 3 aromatic rings. The molecule has 2 aromatic carbocycles. The fraction of sp³-hybridized carbons (Fsp3) is 0.200. The highest BCUT2D eigenvalue weighted by molar-refractivity contribution is 6.31. The number of rotatable bonds is 5. The third-order valence-electron chi connectivity index (χ3n) is 3.99. The first-order valence-corrected chi connectivity index (χ1v) is 8.59. The normalized spacial score (nSPS) is 10.6. The van der Waals surface area contributed by atoms with Gasteiger partial charge in [-0.1, -0.05) is 23.7 Å². The lowest BCUT2D eigenvalue weighted by molar-refractivity contribution is 0.0527. The Morgan fingerprint density at radius 1 is 1.27 bits per heavy atom. The highest BCUT2D eigenvalue weighted by Crippen LogP contribution is 2.35. The maximum atomic E-state index is 12.5. The van der Waals surface area contributed by atoms with Gasteiger partial charge >= 0.3 is 5.97 Å². The van der Waals surface area contributed by atoms with Crippen LogP contribution in [-0.2, 0) is 4.74 Å². The molecule has 1 heterocycles. The molecule has 26 heavy (non-hydrogen) atoms. The number of ether oxygens (including phenoxy) is 2. The molecule has 0 bridgehead atoms. The van der Waals surface area contributed by atoms with Gasteiger partial charge in [0, 0.05) is 16.6 Å². The van der Waals surface area contributed by atoms with Gasteiger partial charge in [0.1, 0.15) is 11.3 Å². The minimum atomic E-state index is -0.447. The second kappa shape index (κ2) is 7.62. The van der Waals surface area contributed by atoms with Crippen LogP contribution in [0.15, 0.2) is 42.6 Å². The van der Waals surface area contributed by atoms with Gasteiger partial charge in [0.25, 0.3) is 0 Å². The van der Waals surface area contributed by atoms with Crippen molar-refractivity contribution >= 4 is 39.8 Å². The number of anilines is 2. The van der Waals surface area contributed by atoms with Crippen LogP contribution in [0.25, 0.3) is 10.9 Å². The molecule has 0 radical (unpaired) electrons. The molecule has 5 nitrogen and oxygen atoms in total. The quantitative estimate of drug-likeness (QED) is 0.631. The van der Waals surface area contributed by atoms with Gasteiger partial charge in [-0.25, -0.2) is 4.79 Å². The fourth-order valence-electron chi connectivity index (χ4n) is 2.82. The second-order valence-corrected chi connectivity index (χ2v) is 6.15. The summed E-state index contributed by atoms with van der Waals surface area (Å²) >= 11 is 6.25. The summed E-state index contributed by atoms with van der Waals surface area (Å²) in [6.07, 6.45) is 1.53. The van der Waals surface area contributed by atoms with Crippen molar-refractivity contribution in [2.24, 2.45) is 0 Å². The van der Waals surface area contributed by atoms with E-state index in [1.54, 1.807) is 20.1 Å². The zero-order chi connectivity index (χ0) is 18.7. The van der Waals surface area contributed by atoms with Crippen molar-refractivity contribution in [3.8, 4) is 5.75 Å². The van der Waals surface area contributed by atoms with Crippen LogP contribution in [0.5, 0.6) is 5.75 Å². The molecule has 0 aliphatic heterocycles. The smallest absolute Gasteiger partial charge is 0.341 e. The number of benzene rings is 2. The predicted octanol–water partition coefficient (Wildman–Crippen LogP) is 5.13. The van der Waals surface area contributed by atoms with Gasteiger partial charge in [-0.15, -0.1) is 0 Å². The second-order valence-electron chi connectivity index (χ2n) is 5.71. The Morgan fingerprint density at radius 3 is 2.77 bits per heavy atom. The van der Waals surface area contributed by atoms with Crippen molar-refractivity contribution in [1.82, 2.24) is 4.98 Å². The van der Waals surface area contributed by atoms with E-state index < -0.39 is 5.97 Å². The van der Waals surface area contributed by atoms with Gasteiger partial charge in [-0.3, -0.25) is 4.98 Å². The van der Waals surface area contributed by atoms with Gasteiger partial charge in [-0.05, 0) is 43.7 Å². The summed E-state index contributed by atoms with van der Waals surface area (Å²) < 4.78 is 10.6. The lowest BCUT2D eigenvalue weighted by Gasteiger charge is -2.17. The number of carbonyl (C=O) groups excluding carboxylic acids is 1. The Morgan fingerprint density at radius 2 is 2.04 bits per heavy atom. The van der Waals surface area contributed by atoms with Crippen LogP contribution < -0.4 is 10.1 Å². The Labute approximate surface area is 156 Å². The Hall–Kier alpha value is -2.79. The van der Waals surface area contributed by atoms with Crippen LogP contribution in [0.3, 0.4) is 0 Å². The zero-order valence-corrected chi connectivity index (χ0v) is 15.6. The minimum absolute atomic E-state index is 0.277. The molecule has 3 rings (SSSR count). The molecule has 134 valence electrons. The Balaban J connectivity index is 2.24. The number of aromatic nitrogens is 1. The zero-order valence-electron chi connectivity index (χ0n) is 14.8. The third-order valence-corrected chi connectivity index (χ3v) is 4.21. The summed E-state index contributed by atoms with van der Waals surface area (Å²) in [6, 6.07) is 11.1. The van der Waals surface area contributed by atoms with E-state index in [0.717, 1.165) is 22.2 Å². The SMILES string of the molecule is CCOC(=O)c1cnc2c(C)cc(Cl)cc2c1Nc1ccccc1OC. The average Bonchev–Trinajstić information content (AvgIpc) is 2.62. The molecular weight excluding hydrogens is 352 g/mol. The van der Waals surface area contributed by atoms with E-state index in [1.165, 1.54) is 6.20 Å². The van der Waals surface area contributed by atoms with Gasteiger partial charge in [-0.2, -0.15) is 0 Å². The van der Waals surface area contributed by atoms with Gasteiger partial charge in [0.05, 0.1) is 30.6 Å². The molecule has 0 saturated heterocycles. The maximum Gasteiger partial charge on any atom is 0.341 e. The van der Waals surface area contributed by atoms with Crippen LogP contribution in [0.2, 0.25) is 5.02 Å². The van der Waals surface area contributed by atoms with Crippen LogP contribution in [-0.4, -0.2) is 24.7 Å². The van der Waals surface area contributed by atoms with Crippen molar-refractivity contribution in [3.63, 3.8) is 0 Å². The van der Waals surface area contributed by atoms with Gasteiger partial charge in [0.15, 0.2) is 0 Å². The minimum Gasteiger partial charge on any atom is -0.495 e. The number of pyridine rings is 1. The predicted molar refractivity (Wildman–Crippen MR) is 104 cm³/mol. The number of nitrogens with one attached hydrogen (secondary N) is 1. The van der Waals surface area contributed by atoms with Gasteiger partial charge in [0.2, 0.25) is 0 Å². The highest BCUT2D eigenvalue weighted by atomic mass is 35.5.